The Morgan fingerprint density at radius 3 is 2.88 bits per heavy atom. The van der Waals surface area contributed by atoms with Crippen LogP contribution in [-0.4, -0.2) is 29.7 Å². The molecule has 17 heavy (non-hydrogen) atoms. The number of aromatic nitrogens is 2. The second kappa shape index (κ2) is 8.14. The van der Waals surface area contributed by atoms with Crippen molar-refractivity contribution < 1.29 is 4.74 Å². The predicted molar refractivity (Wildman–Crippen MR) is 69.0 cm³/mol. The molecule has 4 nitrogen and oxygen atoms in total. The maximum Gasteiger partial charge on any atom is 0.130 e. The van der Waals surface area contributed by atoms with Gasteiger partial charge in [0.15, 0.2) is 0 Å². The number of nitrogens with zero attached hydrogens (tertiary/aromatic N) is 2. The van der Waals surface area contributed by atoms with Gasteiger partial charge in [0.05, 0.1) is 12.3 Å². The van der Waals surface area contributed by atoms with Gasteiger partial charge >= 0.3 is 0 Å². The average molecular weight is 237 g/mol. The Hall–Kier alpha value is -1.00. The van der Waals surface area contributed by atoms with Crippen molar-refractivity contribution in [2.24, 2.45) is 0 Å². The monoisotopic (exact) mass is 237 g/mol. The van der Waals surface area contributed by atoms with E-state index >= 15 is 0 Å². The fourth-order valence-corrected chi connectivity index (χ4v) is 1.51. The highest BCUT2D eigenvalue weighted by atomic mass is 16.5. The number of ether oxygens (including phenoxy) is 1. The Bertz CT molecular complexity index is 328. The number of hydrogen-bond donors (Lipinski definition) is 1. The van der Waals surface area contributed by atoms with Crippen LogP contribution in [0.2, 0.25) is 0 Å². The Kier molecular flexibility index (Phi) is 6.74. The molecule has 0 bridgehead atoms. The second-order valence-corrected chi connectivity index (χ2v) is 4.04. The number of rotatable bonds is 8. The topological polar surface area (TPSA) is 47.0 Å². The zero-order valence-electron chi connectivity index (χ0n) is 11.1. The summed E-state index contributed by atoms with van der Waals surface area (Å²) in [7, 11) is 0. The number of aryl methyl sites for hydroxylation is 1. The van der Waals surface area contributed by atoms with Crippen molar-refractivity contribution in [3.63, 3.8) is 0 Å². The number of nitrogens with one attached hydrogen (secondary N) is 1. The smallest absolute Gasteiger partial charge is 0.130 e. The van der Waals surface area contributed by atoms with Gasteiger partial charge in [0, 0.05) is 25.8 Å². The molecule has 0 aromatic carbocycles. The van der Waals surface area contributed by atoms with Crippen molar-refractivity contribution in [2.75, 3.05) is 19.8 Å². The summed E-state index contributed by atoms with van der Waals surface area (Å²) in [6, 6.07) is 0. The van der Waals surface area contributed by atoms with Crippen molar-refractivity contribution in [2.45, 2.75) is 40.2 Å². The minimum absolute atomic E-state index is 0.696. The van der Waals surface area contributed by atoms with E-state index < -0.39 is 0 Å². The van der Waals surface area contributed by atoms with E-state index in [1.54, 1.807) is 0 Å². The molecule has 0 radical (unpaired) electrons. The molecule has 0 fully saturated rings. The lowest BCUT2D eigenvalue weighted by atomic mass is 10.2. The first kappa shape index (κ1) is 14.1. The van der Waals surface area contributed by atoms with E-state index in [2.05, 4.69) is 29.1 Å². The molecule has 1 N–H and O–H groups in total. The van der Waals surface area contributed by atoms with Crippen molar-refractivity contribution >= 4 is 0 Å². The first-order chi connectivity index (χ1) is 8.27. The molecular formula is C13H23N3O. The Labute approximate surface area is 104 Å². The highest BCUT2D eigenvalue weighted by molar-refractivity contribution is 5.15. The predicted octanol–water partition coefficient (Wildman–Crippen LogP) is 1.86. The third-order valence-corrected chi connectivity index (χ3v) is 2.52. The third kappa shape index (κ3) is 5.24. The molecule has 0 aliphatic carbocycles. The van der Waals surface area contributed by atoms with E-state index in [0.717, 1.165) is 49.6 Å². The molecule has 1 aromatic heterocycles. The van der Waals surface area contributed by atoms with Gasteiger partial charge in [-0.3, -0.25) is 0 Å². The Morgan fingerprint density at radius 1 is 1.35 bits per heavy atom. The normalized spacial score (nSPS) is 10.8. The van der Waals surface area contributed by atoms with Gasteiger partial charge in [0.2, 0.25) is 0 Å². The van der Waals surface area contributed by atoms with Gasteiger partial charge in [-0.25, -0.2) is 9.97 Å². The lowest BCUT2D eigenvalue weighted by Crippen LogP contribution is -2.17. The lowest BCUT2D eigenvalue weighted by molar-refractivity contribution is 0.149. The first-order valence-corrected chi connectivity index (χ1v) is 6.37. The molecule has 0 spiro atoms. The quantitative estimate of drug-likeness (QED) is 0.701. The molecule has 0 saturated heterocycles. The van der Waals surface area contributed by atoms with Gasteiger partial charge in [-0.15, -0.1) is 0 Å². The zero-order valence-corrected chi connectivity index (χ0v) is 11.1. The lowest BCUT2D eigenvalue weighted by Gasteiger charge is -2.08. The van der Waals surface area contributed by atoms with Gasteiger partial charge in [-0.2, -0.15) is 0 Å². The fourth-order valence-electron chi connectivity index (χ4n) is 1.51. The molecule has 0 unspecified atom stereocenters. The van der Waals surface area contributed by atoms with Crippen molar-refractivity contribution in [3.05, 3.63) is 23.3 Å². The van der Waals surface area contributed by atoms with Crippen LogP contribution >= 0.6 is 0 Å². The highest BCUT2D eigenvalue weighted by Gasteiger charge is 2.03. The van der Waals surface area contributed by atoms with E-state index in [1.807, 2.05) is 13.1 Å². The van der Waals surface area contributed by atoms with E-state index in [4.69, 9.17) is 4.74 Å². The van der Waals surface area contributed by atoms with Crippen LogP contribution in [0, 0.1) is 6.92 Å². The minimum atomic E-state index is 0.696. The Morgan fingerprint density at radius 2 is 2.18 bits per heavy atom. The summed E-state index contributed by atoms with van der Waals surface area (Å²) in [5.41, 5.74) is 2.24. The van der Waals surface area contributed by atoms with Crippen molar-refractivity contribution in [1.82, 2.24) is 15.3 Å². The fraction of sp³-hybridized carbons (Fsp3) is 0.692. The summed E-state index contributed by atoms with van der Waals surface area (Å²) in [6.07, 6.45) is 3.83. The summed E-state index contributed by atoms with van der Waals surface area (Å²) in [5.74, 6) is 0.873. The van der Waals surface area contributed by atoms with Crippen LogP contribution in [0.25, 0.3) is 0 Å². The molecule has 96 valence electrons. The van der Waals surface area contributed by atoms with E-state index in [9.17, 15) is 0 Å². The van der Waals surface area contributed by atoms with Crippen molar-refractivity contribution in [3.8, 4) is 0 Å². The van der Waals surface area contributed by atoms with E-state index in [-0.39, 0.29) is 0 Å². The first-order valence-electron chi connectivity index (χ1n) is 6.37. The van der Waals surface area contributed by atoms with Gasteiger partial charge in [0.1, 0.15) is 5.82 Å². The van der Waals surface area contributed by atoms with Crippen molar-refractivity contribution in [1.29, 1.82) is 0 Å². The molecule has 4 heteroatoms. The number of hydrogen-bond acceptors (Lipinski definition) is 4. The van der Waals surface area contributed by atoms with E-state index in [1.165, 1.54) is 0 Å². The third-order valence-electron chi connectivity index (χ3n) is 2.52. The van der Waals surface area contributed by atoms with Crippen LogP contribution in [0.15, 0.2) is 6.20 Å². The van der Waals surface area contributed by atoms with Crippen LogP contribution in [0.4, 0.5) is 0 Å². The zero-order chi connectivity index (χ0) is 12.5. The molecule has 0 aliphatic heterocycles. The molecule has 0 saturated carbocycles. The van der Waals surface area contributed by atoms with Gasteiger partial charge in [-0.05, 0) is 32.4 Å². The largest absolute Gasteiger partial charge is 0.381 e. The van der Waals surface area contributed by atoms with Gasteiger partial charge < -0.3 is 10.1 Å². The van der Waals surface area contributed by atoms with Crippen LogP contribution in [0.1, 0.15) is 37.4 Å². The maximum absolute atomic E-state index is 5.31. The van der Waals surface area contributed by atoms with Crippen LogP contribution in [0.3, 0.4) is 0 Å². The molecule has 1 heterocycles. The van der Waals surface area contributed by atoms with Gasteiger partial charge in [0.25, 0.3) is 0 Å². The SMILES string of the molecule is CCCNCc1nc(CCOCC)ncc1C. The molecule has 1 rings (SSSR count). The summed E-state index contributed by atoms with van der Waals surface area (Å²) < 4.78 is 5.31. The molecular weight excluding hydrogens is 214 g/mol. The van der Waals surface area contributed by atoms with Crippen LogP contribution in [0.5, 0.6) is 0 Å². The molecule has 0 atom stereocenters. The van der Waals surface area contributed by atoms with Gasteiger partial charge in [-0.1, -0.05) is 6.92 Å². The standard InChI is InChI=1S/C13H23N3O/c1-4-7-14-10-12-11(3)9-15-13(16-12)6-8-17-5-2/h9,14H,4-8,10H2,1-3H3. The maximum atomic E-state index is 5.31. The minimum Gasteiger partial charge on any atom is -0.381 e. The summed E-state index contributed by atoms with van der Waals surface area (Å²) in [6.45, 7) is 9.50. The summed E-state index contributed by atoms with van der Waals surface area (Å²) >= 11 is 0. The highest BCUT2D eigenvalue weighted by Crippen LogP contribution is 2.04. The Balaban J connectivity index is 2.53. The molecule has 0 aliphatic rings. The molecule has 0 amide bonds. The van der Waals surface area contributed by atoms with Crippen LogP contribution < -0.4 is 5.32 Å². The molecule has 1 aromatic rings. The van der Waals surface area contributed by atoms with Crippen LogP contribution in [-0.2, 0) is 17.7 Å². The summed E-state index contributed by atoms with van der Waals surface area (Å²) in [5, 5.41) is 3.37. The summed E-state index contributed by atoms with van der Waals surface area (Å²) in [4.78, 5) is 8.88. The van der Waals surface area contributed by atoms with E-state index in [0.29, 0.717) is 6.61 Å². The second-order valence-electron chi connectivity index (χ2n) is 4.04. The average Bonchev–Trinajstić information content (AvgIpc) is 2.33.